The molecular weight excluding hydrogens is 276 g/mol. The molecule has 1 N–H and O–H groups in total. The van der Waals surface area contributed by atoms with E-state index in [0.29, 0.717) is 24.4 Å². The molecule has 0 fully saturated rings. The summed E-state index contributed by atoms with van der Waals surface area (Å²) in [5.41, 5.74) is 2.05. The van der Waals surface area contributed by atoms with E-state index in [0.717, 1.165) is 11.1 Å². The van der Waals surface area contributed by atoms with E-state index in [1.165, 1.54) is 6.33 Å². The third-order valence-corrected chi connectivity index (χ3v) is 4.57. The van der Waals surface area contributed by atoms with E-state index >= 15 is 0 Å². The van der Waals surface area contributed by atoms with E-state index in [-0.39, 0.29) is 0 Å². The molecule has 0 aliphatic rings. The lowest BCUT2D eigenvalue weighted by molar-refractivity contribution is 0.552. The molecule has 20 heavy (non-hydrogen) atoms. The number of aromatic nitrogens is 3. The Morgan fingerprint density at radius 1 is 1.25 bits per heavy atom. The SMILES string of the molecule is Cc1ccc(S(=O)(=O)NCCCn2cncn2)cc1C. The van der Waals surface area contributed by atoms with Gasteiger partial charge in [0.25, 0.3) is 0 Å². The molecule has 0 atom stereocenters. The Morgan fingerprint density at radius 3 is 2.70 bits per heavy atom. The average Bonchev–Trinajstić information content (AvgIpc) is 2.91. The summed E-state index contributed by atoms with van der Waals surface area (Å²) >= 11 is 0. The first-order valence-electron chi connectivity index (χ1n) is 6.38. The molecule has 0 bridgehead atoms. The molecule has 108 valence electrons. The summed E-state index contributed by atoms with van der Waals surface area (Å²) in [6, 6.07) is 5.14. The third kappa shape index (κ3) is 3.64. The first kappa shape index (κ1) is 14.7. The van der Waals surface area contributed by atoms with Gasteiger partial charge in [0.2, 0.25) is 10.0 Å². The molecule has 2 aromatic rings. The Morgan fingerprint density at radius 2 is 2.05 bits per heavy atom. The van der Waals surface area contributed by atoms with Gasteiger partial charge in [-0.1, -0.05) is 6.07 Å². The van der Waals surface area contributed by atoms with Crippen LogP contribution in [0.4, 0.5) is 0 Å². The molecule has 1 heterocycles. The van der Waals surface area contributed by atoms with E-state index in [1.807, 2.05) is 19.9 Å². The molecule has 0 saturated carbocycles. The minimum absolute atomic E-state index is 0.307. The van der Waals surface area contributed by atoms with Crippen LogP contribution >= 0.6 is 0 Å². The van der Waals surface area contributed by atoms with Crippen molar-refractivity contribution < 1.29 is 8.42 Å². The molecule has 0 spiro atoms. The van der Waals surface area contributed by atoms with Gasteiger partial charge >= 0.3 is 0 Å². The first-order valence-corrected chi connectivity index (χ1v) is 7.87. The van der Waals surface area contributed by atoms with Gasteiger partial charge in [0.1, 0.15) is 12.7 Å². The van der Waals surface area contributed by atoms with Gasteiger partial charge in [0, 0.05) is 13.1 Å². The second kappa shape index (κ2) is 6.15. The lowest BCUT2D eigenvalue weighted by Crippen LogP contribution is -2.25. The number of benzene rings is 1. The number of hydrogen-bond acceptors (Lipinski definition) is 4. The molecule has 0 aliphatic heterocycles. The summed E-state index contributed by atoms with van der Waals surface area (Å²) < 4.78 is 28.5. The molecule has 0 aliphatic carbocycles. The van der Waals surface area contributed by atoms with Crippen molar-refractivity contribution in [3.63, 3.8) is 0 Å². The van der Waals surface area contributed by atoms with Gasteiger partial charge in [-0.2, -0.15) is 5.10 Å². The van der Waals surface area contributed by atoms with Crippen LogP contribution in [0, 0.1) is 13.8 Å². The van der Waals surface area contributed by atoms with Crippen molar-refractivity contribution in [1.29, 1.82) is 0 Å². The fourth-order valence-corrected chi connectivity index (χ4v) is 2.92. The fourth-order valence-electron chi connectivity index (χ4n) is 1.76. The number of hydrogen-bond donors (Lipinski definition) is 1. The average molecular weight is 294 g/mol. The highest BCUT2D eigenvalue weighted by molar-refractivity contribution is 7.89. The predicted molar refractivity (Wildman–Crippen MR) is 75.7 cm³/mol. The Kier molecular flexibility index (Phi) is 4.51. The second-order valence-electron chi connectivity index (χ2n) is 4.66. The zero-order chi connectivity index (χ0) is 14.6. The molecule has 2 rings (SSSR count). The van der Waals surface area contributed by atoms with Gasteiger partial charge in [0.15, 0.2) is 0 Å². The van der Waals surface area contributed by atoms with Crippen molar-refractivity contribution in [1.82, 2.24) is 19.5 Å². The van der Waals surface area contributed by atoms with E-state index in [2.05, 4.69) is 14.8 Å². The molecule has 1 aromatic heterocycles. The Bertz CT molecular complexity index is 666. The number of rotatable bonds is 6. The minimum atomic E-state index is -3.44. The van der Waals surface area contributed by atoms with Crippen LogP contribution in [0.15, 0.2) is 35.7 Å². The summed E-state index contributed by atoms with van der Waals surface area (Å²) in [5, 5.41) is 3.96. The third-order valence-electron chi connectivity index (χ3n) is 3.11. The van der Waals surface area contributed by atoms with E-state index < -0.39 is 10.0 Å². The normalized spacial score (nSPS) is 11.7. The maximum Gasteiger partial charge on any atom is 0.240 e. The van der Waals surface area contributed by atoms with Crippen molar-refractivity contribution in [2.24, 2.45) is 0 Å². The minimum Gasteiger partial charge on any atom is -0.253 e. The van der Waals surface area contributed by atoms with Crippen LogP contribution in [0.25, 0.3) is 0 Å². The predicted octanol–water partition coefficient (Wildman–Crippen LogP) is 1.26. The van der Waals surface area contributed by atoms with Gasteiger partial charge in [-0.25, -0.2) is 18.1 Å². The molecule has 0 amide bonds. The zero-order valence-corrected chi connectivity index (χ0v) is 12.4. The van der Waals surface area contributed by atoms with Gasteiger partial charge in [0.05, 0.1) is 4.90 Å². The highest BCUT2D eigenvalue weighted by Gasteiger charge is 2.13. The molecular formula is C13H18N4O2S. The lowest BCUT2D eigenvalue weighted by atomic mass is 10.1. The molecule has 1 aromatic carbocycles. The van der Waals surface area contributed by atoms with Crippen LogP contribution in [-0.4, -0.2) is 29.7 Å². The quantitative estimate of drug-likeness (QED) is 0.814. The summed E-state index contributed by atoms with van der Waals surface area (Å²) in [6.45, 7) is 4.86. The van der Waals surface area contributed by atoms with Crippen molar-refractivity contribution in [2.75, 3.05) is 6.54 Å². The van der Waals surface area contributed by atoms with Crippen LogP contribution < -0.4 is 4.72 Å². The topological polar surface area (TPSA) is 76.9 Å². The fraction of sp³-hybridized carbons (Fsp3) is 0.385. The van der Waals surface area contributed by atoms with Crippen LogP contribution in [-0.2, 0) is 16.6 Å². The Hall–Kier alpha value is -1.73. The Balaban J connectivity index is 1.92. The maximum absolute atomic E-state index is 12.1. The van der Waals surface area contributed by atoms with Crippen LogP contribution in [0.2, 0.25) is 0 Å². The maximum atomic E-state index is 12.1. The van der Waals surface area contributed by atoms with Crippen LogP contribution in [0.5, 0.6) is 0 Å². The standard InChI is InChI=1S/C13H18N4O2S/c1-11-4-5-13(8-12(11)2)20(18,19)16-6-3-7-17-10-14-9-15-17/h4-5,8-10,16H,3,6-7H2,1-2H3. The molecule has 6 nitrogen and oxygen atoms in total. The number of nitrogens with one attached hydrogen (secondary N) is 1. The van der Waals surface area contributed by atoms with Gasteiger partial charge in [-0.3, -0.25) is 4.68 Å². The number of nitrogens with zero attached hydrogens (tertiary/aromatic N) is 3. The van der Waals surface area contributed by atoms with E-state index in [4.69, 9.17) is 0 Å². The van der Waals surface area contributed by atoms with Gasteiger partial charge < -0.3 is 0 Å². The van der Waals surface area contributed by atoms with Crippen molar-refractivity contribution >= 4 is 10.0 Å². The molecule has 7 heteroatoms. The van der Waals surface area contributed by atoms with E-state index in [9.17, 15) is 8.42 Å². The second-order valence-corrected chi connectivity index (χ2v) is 6.42. The van der Waals surface area contributed by atoms with Crippen LogP contribution in [0.3, 0.4) is 0 Å². The van der Waals surface area contributed by atoms with Gasteiger partial charge in [-0.15, -0.1) is 0 Å². The highest BCUT2D eigenvalue weighted by atomic mass is 32.2. The molecule has 0 unspecified atom stereocenters. The first-order chi connectivity index (χ1) is 9.49. The zero-order valence-electron chi connectivity index (χ0n) is 11.6. The number of sulfonamides is 1. The smallest absolute Gasteiger partial charge is 0.240 e. The van der Waals surface area contributed by atoms with Crippen LogP contribution in [0.1, 0.15) is 17.5 Å². The van der Waals surface area contributed by atoms with Crippen molar-refractivity contribution in [3.05, 3.63) is 42.0 Å². The largest absolute Gasteiger partial charge is 0.253 e. The summed E-state index contributed by atoms with van der Waals surface area (Å²) in [4.78, 5) is 4.14. The summed E-state index contributed by atoms with van der Waals surface area (Å²) in [5.74, 6) is 0. The summed E-state index contributed by atoms with van der Waals surface area (Å²) in [7, 11) is -3.44. The van der Waals surface area contributed by atoms with Crippen molar-refractivity contribution in [3.8, 4) is 0 Å². The van der Waals surface area contributed by atoms with Crippen molar-refractivity contribution in [2.45, 2.75) is 31.7 Å². The lowest BCUT2D eigenvalue weighted by Gasteiger charge is -2.08. The molecule has 0 saturated heterocycles. The van der Waals surface area contributed by atoms with E-state index in [1.54, 1.807) is 23.1 Å². The van der Waals surface area contributed by atoms with Gasteiger partial charge in [-0.05, 0) is 43.5 Å². The summed E-state index contributed by atoms with van der Waals surface area (Å²) in [6.07, 6.45) is 3.73. The number of aryl methyl sites for hydroxylation is 3. The molecule has 0 radical (unpaired) electrons. The Labute approximate surface area is 118 Å². The monoisotopic (exact) mass is 294 g/mol. The highest BCUT2D eigenvalue weighted by Crippen LogP contribution is 2.14.